The quantitative estimate of drug-likeness (QED) is 0.887. The lowest BCUT2D eigenvalue weighted by molar-refractivity contribution is -0.132. The summed E-state index contributed by atoms with van der Waals surface area (Å²) in [6.45, 7) is 3.21. The predicted octanol–water partition coefficient (Wildman–Crippen LogP) is 1.70. The third-order valence-corrected chi connectivity index (χ3v) is 3.68. The SMILES string of the molecule is CC1CN(C(=O)Cc2ccc(F)cc2F)CCC1N. The minimum absolute atomic E-state index is 0.0337. The maximum atomic E-state index is 13.5. The lowest BCUT2D eigenvalue weighted by Crippen LogP contribution is -2.48. The van der Waals surface area contributed by atoms with E-state index in [1.165, 1.54) is 12.1 Å². The number of likely N-dealkylation sites (tertiary alicyclic amines) is 1. The molecule has 1 aromatic rings. The van der Waals surface area contributed by atoms with Crippen molar-refractivity contribution in [3.05, 3.63) is 35.4 Å². The summed E-state index contributed by atoms with van der Waals surface area (Å²) in [6, 6.07) is 3.41. The van der Waals surface area contributed by atoms with E-state index in [4.69, 9.17) is 5.73 Å². The van der Waals surface area contributed by atoms with Crippen molar-refractivity contribution in [3.63, 3.8) is 0 Å². The Hall–Kier alpha value is -1.49. The van der Waals surface area contributed by atoms with Crippen LogP contribution in [0.3, 0.4) is 0 Å². The molecule has 0 aromatic heterocycles. The number of halogens is 2. The number of carbonyl (C=O) groups excluding carboxylic acids is 1. The summed E-state index contributed by atoms with van der Waals surface area (Å²) in [5.74, 6) is -1.19. The van der Waals surface area contributed by atoms with Crippen molar-refractivity contribution in [3.8, 4) is 0 Å². The highest BCUT2D eigenvalue weighted by molar-refractivity contribution is 5.79. The number of nitrogens with zero attached hydrogens (tertiary/aromatic N) is 1. The normalized spacial score (nSPS) is 23.5. The highest BCUT2D eigenvalue weighted by Gasteiger charge is 2.26. The molecule has 0 aliphatic carbocycles. The van der Waals surface area contributed by atoms with Gasteiger partial charge in [0.15, 0.2) is 0 Å². The van der Waals surface area contributed by atoms with Crippen LogP contribution in [0.2, 0.25) is 0 Å². The van der Waals surface area contributed by atoms with Gasteiger partial charge < -0.3 is 10.6 Å². The Morgan fingerprint density at radius 2 is 2.21 bits per heavy atom. The molecule has 1 aliphatic heterocycles. The van der Waals surface area contributed by atoms with Crippen molar-refractivity contribution >= 4 is 5.91 Å². The number of benzene rings is 1. The summed E-state index contributed by atoms with van der Waals surface area (Å²) in [5.41, 5.74) is 6.12. The third kappa shape index (κ3) is 3.29. The van der Waals surface area contributed by atoms with Gasteiger partial charge in [-0.3, -0.25) is 4.79 Å². The molecule has 2 rings (SSSR count). The lowest BCUT2D eigenvalue weighted by Gasteiger charge is -2.35. The second-order valence-corrected chi connectivity index (χ2v) is 5.18. The van der Waals surface area contributed by atoms with Gasteiger partial charge in [0.2, 0.25) is 5.91 Å². The molecule has 0 radical (unpaired) electrons. The Morgan fingerprint density at radius 1 is 1.47 bits per heavy atom. The van der Waals surface area contributed by atoms with Crippen molar-refractivity contribution in [1.29, 1.82) is 0 Å². The highest BCUT2D eigenvalue weighted by Crippen LogP contribution is 2.17. The maximum absolute atomic E-state index is 13.5. The van der Waals surface area contributed by atoms with Crippen molar-refractivity contribution in [2.45, 2.75) is 25.8 Å². The van der Waals surface area contributed by atoms with Gasteiger partial charge in [0.25, 0.3) is 0 Å². The zero-order valence-corrected chi connectivity index (χ0v) is 10.9. The van der Waals surface area contributed by atoms with E-state index in [9.17, 15) is 13.6 Å². The van der Waals surface area contributed by atoms with E-state index in [0.29, 0.717) is 13.1 Å². The fourth-order valence-electron chi connectivity index (χ4n) is 2.33. The Bertz CT molecular complexity index is 479. The number of hydrogen-bond donors (Lipinski definition) is 1. The Labute approximate surface area is 111 Å². The van der Waals surface area contributed by atoms with E-state index in [1.54, 1.807) is 4.90 Å². The number of nitrogens with two attached hydrogens (primary N) is 1. The summed E-state index contributed by atoms with van der Waals surface area (Å²) < 4.78 is 26.3. The first-order valence-electron chi connectivity index (χ1n) is 6.44. The molecular formula is C14H18F2N2O. The van der Waals surface area contributed by atoms with Gasteiger partial charge in [-0.25, -0.2) is 8.78 Å². The van der Waals surface area contributed by atoms with Crippen molar-refractivity contribution in [2.24, 2.45) is 11.7 Å². The first-order chi connectivity index (χ1) is 8.97. The molecule has 2 atom stereocenters. The Balaban J connectivity index is 2.01. The summed E-state index contributed by atoms with van der Waals surface area (Å²) in [5, 5.41) is 0. The molecule has 2 N–H and O–H groups in total. The summed E-state index contributed by atoms with van der Waals surface area (Å²) in [7, 11) is 0. The fourth-order valence-corrected chi connectivity index (χ4v) is 2.33. The second-order valence-electron chi connectivity index (χ2n) is 5.18. The average Bonchev–Trinajstić information content (AvgIpc) is 2.36. The molecule has 1 aromatic carbocycles. The van der Waals surface area contributed by atoms with Crippen LogP contribution in [0.4, 0.5) is 8.78 Å². The van der Waals surface area contributed by atoms with Crippen LogP contribution >= 0.6 is 0 Å². The van der Waals surface area contributed by atoms with Crippen LogP contribution in [0.15, 0.2) is 18.2 Å². The van der Waals surface area contributed by atoms with Crippen LogP contribution in [0.25, 0.3) is 0 Å². The van der Waals surface area contributed by atoms with E-state index < -0.39 is 11.6 Å². The number of carbonyl (C=O) groups is 1. The molecule has 0 saturated carbocycles. The molecule has 0 spiro atoms. The standard InChI is InChI=1S/C14H18F2N2O/c1-9-8-18(5-4-13(9)17)14(19)6-10-2-3-11(15)7-12(10)16/h2-3,7,9,13H,4-6,8,17H2,1H3. The van der Waals surface area contributed by atoms with E-state index in [0.717, 1.165) is 12.5 Å². The first-order valence-corrected chi connectivity index (χ1v) is 6.44. The number of hydrogen-bond acceptors (Lipinski definition) is 2. The molecule has 1 heterocycles. The third-order valence-electron chi connectivity index (χ3n) is 3.68. The zero-order chi connectivity index (χ0) is 14.0. The van der Waals surface area contributed by atoms with E-state index in [1.807, 2.05) is 6.92 Å². The van der Waals surface area contributed by atoms with Crippen molar-refractivity contribution < 1.29 is 13.6 Å². The molecule has 3 nitrogen and oxygen atoms in total. The molecule has 104 valence electrons. The maximum Gasteiger partial charge on any atom is 0.227 e. The molecule has 1 aliphatic rings. The van der Waals surface area contributed by atoms with Gasteiger partial charge in [0.1, 0.15) is 11.6 Å². The van der Waals surface area contributed by atoms with Crippen LogP contribution in [0.5, 0.6) is 0 Å². The van der Waals surface area contributed by atoms with Crippen LogP contribution in [0.1, 0.15) is 18.9 Å². The van der Waals surface area contributed by atoms with Crippen LogP contribution in [0, 0.1) is 17.6 Å². The smallest absolute Gasteiger partial charge is 0.227 e. The van der Waals surface area contributed by atoms with E-state index in [-0.39, 0.29) is 29.9 Å². The van der Waals surface area contributed by atoms with Gasteiger partial charge in [0.05, 0.1) is 6.42 Å². The van der Waals surface area contributed by atoms with Gasteiger partial charge in [-0.15, -0.1) is 0 Å². The van der Waals surface area contributed by atoms with Gasteiger partial charge in [-0.1, -0.05) is 13.0 Å². The van der Waals surface area contributed by atoms with Crippen LogP contribution < -0.4 is 5.73 Å². The van der Waals surface area contributed by atoms with Crippen molar-refractivity contribution in [2.75, 3.05) is 13.1 Å². The fraction of sp³-hybridized carbons (Fsp3) is 0.500. The average molecular weight is 268 g/mol. The number of piperidine rings is 1. The Kier molecular flexibility index (Phi) is 4.14. The summed E-state index contributed by atoms with van der Waals surface area (Å²) in [6.07, 6.45) is 0.729. The van der Waals surface area contributed by atoms with Crippen LogP contribution in [-0.4, -0.2) is 29.9 Å². The molecular weight excluding hydrogens is 250 g/mol. The summed E-state index contributed by atoms with van der Waals surface area (Å²) >= 11 is 0. The summed E-state index contributed by atoms with van der Waals surface area (Å²) in [4.78, 5) is 13.8. The molecule has 5 heteroatoms. The molecule has 1 fully saturated rings. The minimum atomic E-state index is -0.671. The number of rotatable bonds is 2. The highest BCUT2D eigenvalue weighted by atomic mass is 19.1. The predicted molar refractivity (Wildman–Crippen MR) is 68.4 cm³/mol. The largest absolute Gasteiger partial charge is 0.342 e. The number of amides is 1. The molecule has 1 amide bonds. The van der Waals surface area contributed by atoms with Gasteiger partial charge in [-0.2, -0.15) is 0 Å². The van der Waals surface area contributed by atoms with Gasteiger partial charge in [0, 0.05) is 25.2 Å². The topological polar surface area (TPSA) is 46.3 Å². The lowest BCUT2D eigenvalue weighted by atomic mass is 9.94. The molecule has 0 bridgehead atoms. The van der Waals surface area contributed by atoms with Gasteiger partial charge in [-0.05, 0) is 24.0 Å². The first kappa shape index (κ1) is 13.9. The molecule has 1 saturated heterocycles. The van der Waals surface area contributed by atoms with E-state index in [2.05, 4.69) is 0 Å². The van der Waals surface area contributed by atoms with Crippen molar-refractivity contribution in [1.82, 2.24) is 4.90 Å². The molecule has 2 unspecified atom stereocenters. The van der Waals surface area contributed by atoms with Gasteiger partial charge >= 0.3 is 0 Å². The van der Waals surface area contributed by atoms with Crippen LogP contribution in [-0.2, 0) is 11.2 Å². The second kappa shape index (κ2) is 5.65. The Morgan fingerprint density at radius 3 is 2.84 bits per heavy atom. The zero-order valence-electron chi connectivity index (χ0n) is 10.9. The van der Waals surface area contributed by atoms with E-state index >= 15 is 0 Å². The molecule has 19 heavy (non-hydrogen) atoms. The minimum Gasteiger partial charge on any atom is -0.342 e. The monoisotopic (exact) mass is 268 g/mol.